The summed E-state index contributed by atoms with van der Waals surface area (Å²) in [5.41, 5.74) is 11.0. The molecule has 0 unspecified atom stereocenters. The lowest BCUT2D eigenvalue weighted by atomic mass is 10.4. The zero-order valence-corrected chi connectivity index (χ0v) is 5.32. The highest BCUT2D eigenvalue weighted by Gasteiger charge is 1.99. The standard InChI is InChI=1S/C5H8N4O/c6-1-4-2-8-9(3-4)5(7)10/h2-3H,1,6H2,(H2,7,10). The maximum Gasteiger partial charge on any atom is 0.339 e. The summed E-state index contributed by atoms with van der Waals surface area (Å²) in [6, 6.07) is -0.597. The fourth-order valence-electron chi connectivity index (χ4n) is 0.586. The largest absolute Gasteiger partial charge is 0.350 e. The Morgan fingerprint density at radius 2 is 2.50 bits per heavy atom. The lowest BCUT2D eigenvalue weighted by molar-refractivity contribution is 0.247. The molecule has 0 aliphatic carbocycles. The Morgan fingerprint density at radius 3 is 2.80 bits per heavy atom. The van der Waals surface area contributed by atoms with Crippen molar-refractivity contribution in [2.45, 2.75) is 6.54 Å². The fraction of sp³-hybridized carbons (Fsp3) is 0.200. The number of nitrogens with zero attached hydrogens (tertiary/aromatic N) is 2. The average molecular weight is 140 g/mol. The van der Waals surface area contributed by atoms with Gasteiger partial charge in [0.2, 0.25) is 0 Å². The summed E-state index contributed by atoms with van der Waals surface area (Å²) < 4.78 is 1.04. The van der Waals surface area contributed by atoms with Crippen molar-refractivity contribution in [3.63, 3.8) is 0 Å². The molecule has 5 heteroatoms. The normalized spacial score (nSPS) is 9.70. The van der Waals surface area contributed by atoms with Crippen molar-refractivity contribution in [3.8, 4) is 0 Å². The van der Waals surface area contributed by atoms with E-state index in [1.807, 2.05) is 0 Å². The molecule has 0 saturated carbocycles. The highest BCUT2D eigenvalue weighted by Crippen LogP contribution is 1.93. The van der Waals surface area contributed by atoms with E-state index in [4.69, 9.17) is 11.5 Å². The maximum absolute atomic E-state index is 10.4. The van der Waals surface area contributed by atoms with E-state index in [1.165, 1.54) is 12.4 Å². The van der Waals surface area contributed by atoms with Crippen LogP contribution >= 0.6 is 0 Å². The smallest absolute Gasteiger partial charge is 0.339 e. The summed E-state index contributed by atoms with van der Waals surface area (Å²) in [6.07, 6.45) is 3.01. The minimum atomic E-state index is -0.597. The Hall–Kier alpha value is -1.36. The van der Waals surface area contributed by atoms with Crippen LogP contribution in [0.1, 0.15) is 5.56 Å². The van der Waals surface area contributed by atoms with Crippen molar-refractivity contribution in [3.05, 3.63) is 18.0 Å². The van der Waals surface area contributed by atoms with Crippen LogP contribution in [0.2, 0.25) is 0 Å². The number of hydrogen-bond donors (Lipinski definition) is 2. The van der Waals surface area contributed by atoms with Gasteiger partial charge < -0.3 is 11.5 Å². The molecule has 4 N–H and O–H groups in total. The van der Waals surface area contributed by atoms with Crippen molar-refractivity contribution < 1.29 is 4.79 Å². The zero-order valence-electron chi connectivity index (χ0n) is 5.32. The minimum absolute atomic E-state index is 0.368. The third kappa shape index (κ3) is 1.14. The first kappa shape index (κ1) is 6.76. The summed E-state index contributed by atoms with van der Waals surface area (Å²) >= 11 is 0. The van der Waals surface area contributed by atoms with Crippen LogP contribution in [0, 0.1) is 0 Å². The van der Waals surface area contributed by atoms with E-state index in [0.717, 1.165) is 10.2 Å². The van der Waals surface area contributed by atoms with E-state index in [1.54, 1.807) is 0 Å². The molecular weight excluding hydrogens is 132 g/mol. The van der Waals surface area contributed by atoms with Crippen LogP contribution in [0.3, 0.4) is 0 Å². The average Bonchev–Trinajstić information content (AvgIpc) is 2.34. The number of carbonyl (C=O) groups excluding carboxylic acids is 1. The maximum atomic E-state index is 10.4. The summed E-state index contributed by atoms with van der Waals surface area (Å²) in [5.74, 6) is 0. The number of aromatic nitrogens is 2. The Balaban J connectivity index is 2.88. The van der Waals surface area contributed by atoms with Gasteiger partial charge in [-0.3, -0.25) is 0 Å². The number of amides is 1. The predicted molar refractivity (Wildman–Crippen MR) is 35.1 cm³/mol. The second-order valence-corrected chi connectivity index (χ2v) is 1.84. The second kappa shape index (κ2) is 2.49. The number of primary amides is 1. The van der Waals surface area contributed by atoms with Gasteiger partial charge in [0.25, 0.3) is 0 Å². The van der Waals surface area contributed by atoms with E-state index in [-0.39, 0.29) is 0 Å². The highest BCUT2D eigenvalue weighted by atomic mass is 16.2. The van der Waals surface area contributed by atoms with E-state index >= 15 is 0 Å². The highest BCUT2D eigenvalue weighted by molar-refractivity contribution is 5.73. The molecule has 1 rings (SSSR count). The first-order valence-corrected chi connectivity index (χ1v) is 2.77. The van der Waals surface area contributed by atoms with E-state index in [0.29, 0.717) is 6.54 Å². The predicted octanol–water partition coefficient (Wildman–Crippen LogP) is -0.731. The number of hydrogen-bond acceptors (Lipinski definition) is 3. The Morgan fingerprint density at radius 1 is 1.80 bits per heavy atom. The van der Waals surface area contributed by atoms with Crippen LogP contribution < -0.4 is 11.5 Å². The first-order chi connectivity index (χ1) is 4.74. The van der Waals surface area contributed by atoms with Crippen LogP contribution in [0.4, 0.5) is 4.79 Å². The van der Waals surface area contributed by atoms with Crippen LogP contribution in [0.5, 0.6) is 0 Å². The summed E-state index contributed by atoms with van der Waals surface area (Å²) in [5, 5.41) is 3.65. The molecule has 1 aromatic heterocycles. The lowest BCUT2D eigenvalue weighted by Crippen LogP contribution is -2.19. The van der Waals surface area contributed by atoms with Gasteiger partial charge in [-0.25, -0.2) is 4.79 Å². The Bertz CT molecular complexity index is 242. The molecule has 54 valence electrons. The minimum Gasteiger partial charge on any atom is -0.350 e. The molecule has 0 aliphatic rings. The molecule has 10 heavy (non-hydrogen) atoms. The van der Waals surface area contributed by atoms with Crippen molar-refractivity contribution in [1.29, 1.82) is 0 Å². The molecule has 0 radical (unpaired) electrons. The molecule has 0 saturated heterocycles. The van der Waals surface area contributed by atoms with Crippen molar-refractivity contribution in [1.82, 2.24) is 9.78 Å². The number of carbonyl (C=O) groups is 1. The summed E-state index contributed by atoms with van der Waals surface area (Å²) in [6.45, 7) is 0.368. The van der Waals surface area contributed by atoms with Gasteiger partial charge in [-0.1, -0.05) is 0 Å². The molecule has 0 atom stereocenters. The van der Waals surface area contributed by atoms with Crippen molar-refractivity contribution in [2.24, 2.45) is 11.5 Å². The van der Waals surface area contributed by atoms with Crippen molar-refractivity contribution >= 4 is 6.03 Å². The summed E-state index contributed by atoms with van der Waals surface area (Å²) in [4.78, 5) is 10.4. The van der Waals surface area contributed by atoms with Gasteiger partial charge in [0, 0.05) is 18.3 Å². The third-order valence-electron chi connectivity index (χ3n) is 1.10. The number of rotatable bonds is 1. The van der Waals surface area contributed by atoms with E-state index in [2.05, 4.69) is 5.10 Å². The van der Waals surface area contributed by atoms with Crippen LogP contribution in [0.25, 0.3) is 0 Å². The third-order valence-corrected chi connectivity index (χ3v) is 1.10. The monoisotopic (exact) mass is 140 g/mol. The van der Waals surface area contributed by atoms with Gasteiger partial charge in [-0.05, 0) is 0 Å². The SMILES string of the molecule is NCc1cnn(C(N)=O)c1. The van der Waals surface area contributed by atoms with Gasteiger partial charge in [0.1, 0.15) is 0 Å². The quantitative estimate of drug-likeness (QED) is 0.539. The van der Waals surface area contributed by atoms with Gasteiger partial charge in [-0.2, -0.15) is 9.78 Å². The van der Waals surface area contributed by atoms with E-state index < -0.39 is 6.03 Å². The zero-order chi connectivity index (χ0) is 7.56. The molecule has 0 aromatic carbocycles. The molecule has 1 aromatic rings. The molecule has 1 heterocycles. The topological polar surface area (TPSA) is 86.9 Å². The van der Waals surface area contributed by atoms with Gasteiger partial charge in [0.05, 0.1) is 6.20 Å². The van der Waals surface area contributed by atoms with Gasteiger partial charge in [-0.15, -0.1) is 0 Å². The number of nitrogens with two attached hydrogens (primary N) is 2. The molecule has 0 aliphatic heterocycles. The van der Waals surface area contributed by atoms with Gasteiger partial charge in [0.15, 0.2) is 0 Å². The molecule has 0 bridgehead atoms. The van der Waals surface area contributed by atoms with Crippen LogP contribution in [-0.4, -0.2) is 15.8 Å². The summed E-state index contributed by atoms with van der Waals surface area (Å²) in [7, 11) is 0. The Labute approximate surface area is 57.6 Å². The van der Waals surface area contributed by atoms with Gasteiger partial charge >= 0.3 is 6.03 Å². The van der Waals surface area contributed by atoms with Crippen LogP contribution in [0.15, 0.2) is 12.4 Å². The molecule has 0 fully saturated rings. The first-order valence-electron chi connectivity index (χ1n) is 2.77. The van der Waals surface area contributed by atoms with Crippen LogP contribution in [-0.2, 0) is 6.54 Å². The van der Waals surface area contributed by atoms with Crippen molar-refractivity contribution in [2.75, 3.05) is 0 Å². The fourth-order valence-corrected chi connectivity index (χ4v) is 0.586. The Kier molecular flexibility index (Phi) is 1.68. The molecular formula is C5H8N4O. The lowest BCUT2D eigenvalue weighted by Gasteiger charge is -1.88. The molecule has 0 spiro atoms. The molecule has 1 amide bonds. The molecule has 5 nitrogen and oxygen atoms in total. The van der Waals surface area contributed by atoms with E-state index in [9.17, 15) is 4.79 Å². The second-order valence-electron chi connectivity index (χ2n) is 1.84.